The summed E-state index contributed by atoms with van der Waals surface area (Å²) in [6, 6.07) is 17.3. The molecule has 160 valence electrons. The Labute approximate surface area is 185 Å². The van der Waals surface area contributed by atoms with Gasteiger partial charge in [-0.3, -0.25) is 19.3 Å². The second kappa shape index (κ2) is 8.93. The van der Waals surface area contributed by atoms with Gasteiger partial charge < -0.3 is 4.90 Å². The molecule has 2 heterocycles. The van der Waals surface area contributed by atoms with Gasteiger partial charge in [0.2, 0.25) is 0 Å². The highest BCUT2D eigenvalue weighted by Gasteiger charge is 2.25. The molecule has 0 saturated carbocycles. The first-order valence-corrected chi connectivity index (χ1v) is 10.0. The van der Waals surface area contributed by atoms with Crippen LogP contribution in [0.4, 0.5) is 4.39 Å². The number of hydrogen-bond acceptors (Lipinski definition) is 4. The summed E-state index contributed by atoms with van der Waals surface area (Å²) >= 11 is 0. The van der Waals surface area contributed by atoms with Crippen molar-refractivity contribution in [2.75, 3.05) is 7.05 Å². The number of aryl methyl sites for hydroxylation is 1. The minimum absolute atomic E-state index is 0.0568. The monoisotopic (exact) mass is 428 g/mol. The van der Waals surface area contributed by atoms with Gasteiger partial charge in [-0.25, -0.2) is 4.39 Å². The Hall–Kier alpha value is -4.13. The fraction of sp³-hybridized carbons (Fsp3) is 0.120. The zero-order valence-electron chi connectivity index (χ0n) is 17.7. The van der Waals surface area contributed by atoms with E-state index in [2.05, 4.69) is 10.1 Å². The van der Waals surface area contributed by atoms with Gasteiger partial charge in [0.15, 0.2) is 6.29 Å². The largest absolute Gasteiger partial charge is 0.337 e. The Morgan fingerprint density at radius 3 is 2.47 bits per heavy atom. The normalized spacial score (nSPS) is 10.7. The fourth-order valence-electron chi connectivity index (χ4n) is 3.64. The van der Waals surface area contributed by atoms with Crippen molar-refractivity contribution in [1.82, 2.24) is 19.7 Å². The molecule has 6 nitrogen and oxygen atoms in total. The minimum Gasteiger partial charge on any atom is -0.337 e. The van der Waals surface area contributed by atoms with Crippen LogP contribution in [0.1, 0.15) is 26.4 Å². The lowest BCUT2D eigenvalue weighted by Gasteiger charge is -2.20. The third kappa shape index (κ3) is 4.18. The summed E-state index contributed by atoms with van der Waals surface area (Å²) in [5.41, 5.74) is 3.70. The number of halogens is 1. The number of nitrogens with zero attached hydrogens (tertiary/aromatic N) is 4. The van der Waals surface area contributed by atoms with Gasteiger partial charge >= 0.3 is 0 Å². The number of amides is 1. The zero-order chi connectivity index (χ0) is 22.7. The molecule has 0 fully saturated rings. The number of hydrogen-bond donors (Lipinski definition) is 0. The van der Waals surface area contributed by atoms with Gasteiger partial charge in [-0.05, 0) is 35.9 Å². The van der Waals surface area contributed by atoms with Crippen molar-refractivity contribution in [3.63, 3.8) is 0 Å². The molecule has 0 unspecified atom stereocenters. The van der Waals surface area contributed by atoms with Crippen LogP contribution in [0.2, 0.25) is 0 Å². The Kier molecular flexibility index (Phi) is 5.89. The summed E-state index contributed by atoms with van der Waals surface area (Å²) < 4.78 is 15.1. The Morgan fingerprint density at radius 1 is 1.06 bits per heavy atom. The van der Waals surface area contributed by atoms with E-state index in [-0.39, 0.29) is 23.0 Å². The maximum absolute atomic E-state index is 13.5. The molecular weight excluding hydrogens is 407 g/mol. The summed E-state index contributed by atoms with van der Waals surface area (Å²) in [5, 5.41) is 4.52. The molecule has 0 saturated heterocycles. The van der Waals surface area contributed by atoms with E-state index in [0.29, 0.717) is 35.2 Å². The minimum atomic E-state index is -0.350. The lowest BCUT2D eigenvalue weighted by Crippen LogP contribution is -2.28. The van der Waals surface area contributed by atoms with E-state index in [0.717, 1.165) is 5.56 Å². The van der Waals surface area contributed by atoms with E-state index >= 15 is 0 Å². The third-order valence-electron chi connectivity index (χ3n) is 5.15. The number of pyridine rings is 1. The van der Waals surface area contributed by atoms with E-state index in [1.165, 1.54) is 18.3 Å². The van der Waals surface area contributed by atoms with Gasteiger partial charge in [-0.1, -0.05) is 30.3 Å². The summed E-state index contributed by atoms with van der Waals surface area (Å²) in [5.74, 6) is -0.676. The molecule has 0 aliphatic rings. The smallest absolute Gasteiger partial charge is 0.256 e. The van der Waals surface area contributed by atoms with Crippen molar-refractivity contribution < 1.29 is 14.0 Å². The van der Waals surface area contributed by atoms with Crippen LogP contribution in [-0.2, 0) is 13.6 Å². The first-order chi connectivity index (χ1) is 15.5. The van der Waals surface area contributed by atoms with Crippen LogP contribution in [0.3, 0.4) is 0 Å². The number of aldehydes is 1. The van der Waals surface area contributed by atoms with Crippen molar-refractivity contribution in [2.45, 2.75) is 6.54 Å². The molecule has 2 aromatic heterocycles. The predicted molar refractivity (Wildman–Crippen MR) is 119 cm³/mol. The molecule has 1 amide bonds. The van der Waals surface area contributed by atoms with Crippen molar-refractivity contribution in [3.05, 3.63) is 95.7 Å². The van der Waals surface area contributed by atoms with Crippen LogP contribution in [0, 0.1) is 5.82 Å². The van der Waals surface area contributed by atoms with Crippen molar-refractivity contribution >= 4 is 12.2 Å². The number of benzene rings is 2. The van der Waals surface area contributed by atoms with Crippen LogP contribution >= 0.6 is 0 Å². The number of carbonyl (C=O) groups excluding carboxylic acids is 2. The van der Waals surface area contributed by atoms with Crippen molar-refractivity contribution in [1.29, 1.82) is 0 Å². The second-order valence-electron chi connectivity index (χ2n) is 7.46. The molecule has 32 heavy (non-hydrogen) atoms. The van der Waals surface area contributed by atoms with Crippen LogP contribution in [-0.4, -0.2) is 38.9 Å². The fourth-order valence-corrected chi connectivity index (χ4v) is 3.64. The first-order valence-electron chi connectivity index (χ1n) is 10.0. The van der Waals surface area contributed by atoms with Crippen LogP contribution in [0.15, 0.2) is 73.1 Å². The van der Waals surface area contributed by atoms with Crippen molar-refractivity contribution in [3.8, 4) is 22.4 Å². The molecule has 0 aliphatic heterocycles. The number of carbonyl (C=O) groups is 2. The average molecular weight is 428 g/mol. The first kappa shape index (κ1) is 21.1. The van der Waals surface area contributed by atoms with Crippen LogP contribution in [0.25, 0.3) is 22.4 Å². The molecule has 0 radical (unpaired) electrons. The third-order valence-corrected chi connectivity index (χ3v) is 5.15. The summed E-state index contributed by atoms with van der Waals surface area (Å²) in [6.45, 7) is 0.379. The predicted octanol–water partition coefficient (Wildman–Crippen LogP) is 4.37. The summed E-state index contributed by atoms with van der Waals surface area (Å²) in [7, 11) is 3.45. The molecule has 0 N–H and O–H groups in total. The highest BCUT2D eigenvalue weighted by atomic mass is 19.1. The maximum Gasteiger partial charge on any atom is 0.256 e. The number of aromatic nitrogens is 3. The second-order valence-corrected chi connectivity index (χ2v) is 7.46. The zero-order valence-corrected chi connectivity index (χ0v) is 17.7. The molecule has 4 rings (SSSR count). The lowest BCUT2D eigenvalue weighted by atomic mass is 9.96. The van der Waals surface area contributed by atoms with Crippen LogP contribution in [0.5, 0.6) is 0 Å². The highest BCUT2D eigenvalue weighted by Crippen LogP contribution is 2.34. The van der Waals surface area contributed by atoms with Gasteiger partial charge in [0.1, 0.15) is 17.2 Å². The van der Waals surface area contributed by atoms with Crippen LogP contribution < -0.4 is 0 Å². The van der Waals surface area contributed by atoms with Gasteiger partial charge in [0.05, 0.1) is 5.56 Å². The van der Waals surface area contributed by atoms with E-state index in [9.17, 15) is 14.0 Å². The summed E-state index contributed by atoms with van der Waals surface area (Å²) in [6.07, 6.45) is 3.85. The summed E-state index contributed by atoms with van der Waals surface area (Å²) in [4.78, 5) is 30.9. The Bertz CT molecular complexity index is 1270. The quantitative estimate of drug-likeness (QED) is 0.428. The van der Waals surface area contributed by atoms with Gasteiger partial charge in [0, 0.05) is 49.7 Å². The van der Waals surface area contributed by atoms with E-state index in [1.54, 1.807) is 48.1 Å². The number of rotatable bonds is 6. The molecule has 2 aromatic carbocycles. The molecule has 0 bridgehead atoms. The van der Waals surface area contributed by atoms with Crippen molar-refractivity contribution in [2.24, 2.45) is 7.05 Å². The molecule has 0 spiro atoms. The van der Waals surface area contributed by atoms with Gasteiger partial charge in [0.25, 0.3) is 5.91 Å². The molecular formula is C25H21FN4O2. The van der Waals surface area contributed by atoms with E-state index < -0.39 is 0 Å². The highest BCUT2D eigenvalue weighted by molar-refractivity contribution is 6.07. The average Bonchev–Trinajstić information content (AvgIpc) is 3.20. The Balaban J connectivity index is 1.81. The van der Waals surface area contributed by atoms with Gasteiger partial charge in [-0.15, -0.1) is 0 Å². The molecule has 0 aliphatic carbocycles. The van der Waals surface area contributed by atoms with E-state index in [4.69, 9.17) is 0 Å². The van der Waals surface area contributed by atoms with Gasteiger partial charge in [-0.2, -0.15) is 5.10 Å². The standard InChI is InChI=1S/C25H21FN4O2/c1-29(14-17-6-4-3-5-7-17)25(32)23-20(12-13-27-22(23)16-31)21-15-30(2)28-24(21)18-8-10-19(26)11-9-18/h3-13,15-16H,14H2,1-2H3. The molecule has 7 heteroatoms. The maximum atomic E-state index is 13.5. The lowest BCUT2D eigenvalue weighted by molar-refractivity contribution is 0.0782. The molecule has 4 aromatic rings. The molecule has 0 atom stereocenters. The van der Waals surface area contributed by atoms with E-state index in [1.807, 2.05) is 30.3 Å². The SMILES string of the molecule is CN(Cc1ccccc1)C(=O)c1c(-c2cn(C)nc2-c2ccc(F)cc2)ccnc1C=O. The Morgan fingerprint density at radius 2 is 1.78 bits per heavy atom. The topological polar surface area (TPSA) is 68.1 Å².